The number of hydrogen-bond donors (Lipinski definition) is 1. The standard InChI is InChI=1S/C10H7Cl2N3O3/c11-6-2-1-5(9(12)13-6)10(18)15-3-7(16)14-8(17)4-15/h1-2H,3-4H2,(H,14,16,17). The van der Waals surface area contributed by atoms with Gasteiger partial charge in [-0.05, 0) is 12.1 Å². The lowest BCUT2D eigenvalue weighted by molar-refractivity contribution is -0.135. The Morgan fingerprint density at radius 2 is 1.83 bits per heavy atom. The number of nitrogens with zero attached hydrogens (tertiary/aromatic N) is 2. The Labute approximate surface area is 112 Å². The minimum atomic E-state index is -0.535. The van der Waals surface area contributed by atoms with Crippen molar-refractivity contribution in [2.45, 2.75) is 0 Å². The lowest BCUT2D eigenvalue weighted by atomic mass is 10.2. The average molecular weight is 288 g/mol. The summed E-state index contributed by atoms with van der Waals surface area (Å²) in [6.07, 6.45) is 0. The highest BCUT2D eigenvalue weighted by Gasteiger charge is 2.28. The number of aromatic nitrogens is 1. The summed E-state index contributed by atoms with van der Waals surface area (Å²) >= 11 is 11.4. The fourth-order valence-corrected chi connectivity index (χ4v) is 1.95. The molecule has 0 radical (unpaired) electrons. The van der Waals surface area contributed by atoms with Crippen LogP contribution in [0.4, 0.5) is 0 Å². The molecule has 1 aliphatic rings. The molecule has 1 N–H and O–H groups in total. The van der Waals surface area contributed by atoms with Crippen LogP contribution in [0, 0.1) is 0 Å². The van der Waals surface area contributed by atoms with Crippen molar-refractivity contribution in [3.63, 3.8) is 0 Å². The van der Waals surface area contributed by atoms with Gasteiger partial charge < -0.3 is 4.90 Å². The molecule has 0 saturated carbocycles. The Hall–Kier alpha value is -1.66. The van der Waals surface area contributed by atoms with Crippen LogP contribution in [0.3, 0.4) is 0 Å². The summed E-state index contributed by atoms with van der Waals surface area (Å²) in [6.45, 7) is -0.382. The Balaban J connectivity index is 2.25. The largest absolute Gasteiger partial charge is 0.320 e. The van der Waals surface area contributed by atoms with E-state index in [2.05, 4.69) is 10.3 Å². The second kappa shape index (κ2) is 4.91. The van der Waals surface area contributed by atoms with Crippen molar-refractivity contribution >= 4 is 40.9 Å². The highest BCUT2D eigenvalue weighted by molar-refractivity contribution is 6.34. The lowest BCUT2D eigenvalue weighted by Gasteiger charge is -2.25. The van der Waals surface area contributed by atoms with E-state index in [0.29, 0.717) is 0 Å². The first-order chi connectivity index (χ1) is 8.47. The highest BCUT2D eigenvalue weighted by Crippen LogP contribution is 2.18. The van der Waals surface area contributed by atoms with Crippen molar-refractivity contribution in [3.05, 3.63) is 28.0 Å². The second-order valence-electron chi connectivity index (χ2n) is 3.60. The molecule has 1 saturated heterocycles. The van der Waals surface area contributed by atoms with Crippen molar-refractivity contribution in [1.29, 1.82) is 0 Å². The van der Waals surface area contributed by atoms with Gasteiger partial charge in [0.25, 0.3) is 5.91 Å². The van der Waals surface area contributed by atoms with Crippen molar-refractivity contribution in [2.24, 2.45) is 0 Å². The van der Waals surface area contributed by atoms with Gasteiger partial charge in [0.05, 0.1) is 5.56 Å². The molecule has 1 aromatic heterocycles. The molecule has 8 heteroatoms. The third kappa shape index (κ3) is 2.60. The molecule has 0 aliphatic carbocycles. The first-order valence-electron chi connectivity index (χ1n) is 4.91. The predicted molar refractivity (Wildman–Crippen MR) is 63.3 cm³/mol. The van der Waals surface area contributed by atoms with Crippen molar-refractivity contribution in [1.82, 2.24) is 15.2 Å². The summed E-state index contributed by atoms with van der Waals surface area (Å²) in [5.74, 6) is -1.59. The molecule has 0 aromatic carbocycles. The molecule has 3 amide bonds. The molecule has 1 aromatic rings. The molecule has 1 aliphatic heterocycles. The zero-order valence-electron chi connectivity index (χ0n) is 8.94. The van der Waals surface area contributed by atoms with Gasteiger partial charge in [-0.2, -0.15) is 0 Å². The number of pyridine rings is 1. The number of nitrogens with one attached hydrogen (secondary N) is 1. The molecule has 2 heterocycles. The van der Waals surface area contributed by atoms with Crippen LogP contribution in [0.15, 0.2) is 12.1 Å². The van der Waals surface area contributed by atoms with E-state index in [1.165, 1.54) is 12.1 Å². The van der Waals surface area contributed by atoms with Crippen LogP contribution >= 0.6 is 23.2 Å². The van der Waals surface area contributed by atoms with E-state index >= 15 is 0 Å². The number of halogens is 2. The summed E-state index contributed by atoms with van der Waals surface area (Å²) in [5, 5.41) is 2.19. The lowest BCUT2D eigenvalue weighted by Crippen LogP contribution is -2.53. The second-order valence-corrected chi connectivity index (χ2v) is 4.35. The van der Waals surface area contributed by atoms with Gasteiger partial charge in [0.1, 0.15) is 23.4 Å². The molecule has 1 fully saturated rings. The van der Waals surface area contributed by atoms with Gasteiger partial charge >= 0.3 is 0 Å². The van der Waals surface area contributed by atoms with E-state index in [4.69, 9.17) is 23.2 Å². The van der Waals surface area contributed by atoms with Crippen LogP contribution in [0.1, 0.15) is 10.4 Å². The number of piperazine rings is 1. The Morgan fingerprint density at radius 1 is 1.22 bits per heavy atom. The van der Waals surface area contributed by atoms with E-state index in [1.807, 2.05) is 0 Å². The topological polar surface area (TPSA) is 79.4 Å². The Morgan fingerprint density at radius 3 is 2.39 bits per heavy atom. The summed E-state index contributed by atoms with van der Waals surface area (Å²) < 4.78 is 0. The monoisotopic (exact) mass is 287 g/mol. The number of hydrogen-bond acceptors (Lipinski definition) is 4. The highest BCUT2D eigenvalue weighted by atomic mass is 35.5. The fourth-order valence-electron chi connectivity index (χ4n) is 1.52. The van der Waals surface area contributed by atoms with Gasteiger partial charge in [-0.15, -0.1) is 0 Å². The smallest absolute Gasteiger partial charge is 0.257 e. The summed E-state index contributed by atoms with van der Waals surface area (Å²) in [4.78, 5) is 39.2. The molecule has 2 rings (SSSR count). The van der Waals surface area contributed by atoms with Gasteiger partial charge in [-0.3, -0.25) is 19.7 Å². The van der Waals surface area contributed by atoms with Gasteiger partial charge in [-0.25, -0.2) is 4.98 Å². The summed E-state index contributed by atoms with van der Waals surface area (Å²) in [7, 11) is 0. The molecule has 18 heavy (non-hydrogen) atoms. The van der Waals surface area contributed by atoms with Crippen molar-refractivity contribution < 1.29 is 14.4 Å². The number of carbonyl (C=O) groups is 3. The molecule has 94 valence electrons. The van der Waals surface area contributed by atoms with Crippen LogP contribution < -0.4 is 5.32 Å². The zero-order valence-corrected chi connectivity index (χ0v) is 10.5. The minimum Gasteiger partial charge on any atom is -0.320 e. The van der Waals surface area contributed by atoms with E-state index in [-0.39, 0.29) is 29.0 Å². The van der Waals surface area contributed by atoms with Crippen LogP contribution in [-0.2, 0) is 9.59 Å². The van der Waals surface area contributed by atoms with Crippen LogP contribution in [-0.4, -0.2) is 40.7 Å². The van der Waals surface area contributed by atoms with Gasteiger partial charge in [0.15, 0.2) is 0 Å². The maximum absolute atomic E-state index is 12.0. The fraction of sp³-hybridized carbons (Fsp3) is 0.200. The average Bonchev–Trinajstić information content (AvgIpc) is 2.26. The minimum absolute atomic E-state index is 0.0640. The van der Waals surface area contributed by atoms with Gasteiger partial charge in [0.2, 0.25) is 11.8 Å². The van der Waals surface area contributed by atoms with E-state index < -0.39 is 17.7 Å². The molecular formula is C10H7Cl2N3O3. The maximum atomic E-state index is 12.0. The third-order valence-electron chi connectivity index (χ3n) is 2.28. The van der Waals surface area contributed by atoms with Crippen LogP contribution in [0.25, 0.3) is 0 Å². The Bertz CT molecular complexity index is 531. The Kier molecular flexibility index (Phi) is 3.49. The molecular weight excluding hydrogens is 281 g/mol. The first kappa shape index (κ1) is 12.8. The van der Waals surface area contributed by atoms with Gasteiger partial charge in [-0.1, -0.05) is 23.2 Å². The number of carbonyl (C=O) groups excluding carboxylic acids is 3. The molecule has 0 bridgehead atoms. The summed E-state index contributed by atoms with van der Waals surface area (Å²) in [5.41, 5.74) is 0.101. The first-order valence-corrected chi connectivity index (χ1v) is 5.67. The number of rotatable bonds is 1. The number of amides is 3. The van der Waals surface area contributed by atoms with E-state index in [1.54, 1.807) is 0 Å². The van der Waals surface area contributed by atoms with E-state index in [9.17, 15) is 14.4 Å². The number of imide groups is 1. The van der Waals surface area contributed by atoms with Gasteiger partial charge in [0, 0.05) is 0 Å². The third-order valence-corrected chi connectivity index (χ3v) is 2.78. The molecule has 0 spiro atoms. The maximum Gasteiger partial charge on any atom is 0.257 e. The van der Waals surface area contributed by atoms with Crippen molar-refractivity contribution in [2.75, 3.05) is 13.1 Å². The summed E-state index contributed by atoms with van der Waals surface area (Å²) in [6, 6.07) is 2.81. The zero-order chi connectivity index (χ0) is 13.3. The van der Waals surface area contributed by atoms with Crippen LogP contribution in [0.2, 0.25) is 10.3 Å². The van der Waals surface area contributed by atoms with Crippen molar-refractivity contribution in [3.8, 4) is 0 Å². The molecule has 0 unspecified atom stereocenters. The van der Waals surface area contributed by atoms with E-state index in [0.717, 1.165) is 4.90 Å². The molecule has 6 nitrogen and oxygen atoms in total. The normalized spacial score (nSPS) is 15.6. The SMILES string of the molecule is O=C1CN(C(=O)c2ccc(Cl)nc2Cl)CC(=O)N1. The predicted octanol–water partition coefficient (Wildman–Crippen LogP) is 0.487. The quantitative estimate of drug-likeness (QED) is 0.602. The van der Waals surface area contributed by atoms with Crippen LogP contribution in [0.5, 0.6) is 0 Å². The molecule has 0 atom stereocenters.